The lowest BCUT2D eigenvalue weighted by Crippen LogP contribution is -2.15. The van der Waals surface area contributed by atoms with Crippen LogP contribution in [0.5, 0.6) is 0 Å². The molecular formula is C14H13BrFNO2S. The van der Waals surface area contributed by atoms with Crippen LogP contribution in [0.3, 0.4) is 0 Å². The fourth-order valence-electron chi connectivity index (χ4n) is 1.77. The van der Waals surface area contributed by atoms with Gasteiger partial charge in [0.15, 0.2) is 0 Å². The summed E-state index contributed by atoms with van der Waals surface area (Å²) in [4.78, 5) is 0.189. The van der Waals surface area contributed by atoms with Gasteiger partial charge >= 0.3 is 0 Å². The van der Waals surface area contributed by atoms with Crippen LogP contribution in [0.4, 0.5) is 10.1 Å². The topological polar surface area (TPSA) is 46.2 Å². The van der Waals surface area contributed by atoms with Crippen LogP contribution in [0.25, 0.3) is 0 Å². The summed E-state index contributed by atoms with van der Waals surface area (Å²) in [5.41, 5.74) is 1.65. The maximum absolute atomic E-state index is 13.2. The molecule has 0 aliphatic heterocycles. The fourth-order valence-corrected chi connectivity index (χ4v) is 3.65. The highest BCUT2D eigenvalue weighted by molar-refractivity contribution is 9.10. The molecule has 2 rings (SSSR count). The van der Waals surface area contributed by atoms with Gasteiger partial charge in [0.2, 0.25) is 0 Å². The standard InChI is InChI=1S/C14H13BrFNO2S/c1-9-3-4-10(2)14(7-9)20(18,19)17-13-8-11(16)5-6-12(13)15/h3-8,17H,1-2H3. The molecule has 0 saturated heterocycles. The van der Waals surface area contributed by atoms with Crippen LogP contribution in [-0.2, 0) is 10.0 Å². The number of aryl methyl sites for hydroxylation is 2. The lowest BCUT2D eigenvalue weighted by atomic mass is 10.2. The van der Waals surface area contributed by atoms with E-state index in [1.807, 2.05) is 13.0 Å². The highest BCUT2D eigenvalue weighted by Crippen LogP contribution is 2.27. The van der Waals surface area contributed by atoms with Crippen LogP contribution in [-0.4, -0.2) is 8.42 Å². The molecule has 0 atom stereocenters. The van der Waals surface area contributed by atoms with Crippen molar-refractivity contribution in [1.29, 1.82) is 0 Å². The van der Waals surface area contributed by atoms with Crippen molar-refractivity contribution in [2.45, 2.75) is 18.7 Å². The molecule has 0 heterocycles. The van der Waals surface area contributed by atoms with Crippen molar-refractivity contribution < 1.29 is 12.8 Å². The predicted molar refractivity (Wildman–Crippen MR) is 80.8 cm³/mol. The SMILES string of the molecule is Cc1ccc(C)c(S(=O)(=O)Nc2cc(F)ccc2Br)c1. The molecule has 3 nitrogen and oxygen atoms in total. The van der Waals surface area contributed by atoms with E-state index in [0.29, 0.717) is 10.0 Å². The molecule has 0 aromatic heterocycles. The predicted octanol–water partition coefficient (Wildman–Crippen LogP) is 4.01. The first-order valence-corrected chi connectivity index (χ1v) is 8.12. The molecule has 6 heteroatoms. The highest BCUT2D eigenvalue weighted by atomic mass is 79.9. The number of halogens is 2. The maximum Gasteiger partial charge on any atom is 0.262 e. The summed E-state index contributed by atoms with van der Waals surface area (Å²) in [6, 6.07) is 9.00. The molecule has 0 unspecified atom stereocenters. The summed E-state index contributed by atoms with van der Waals surface area (Å²) in [5, 5.41) is 0. The molecular weight excluding hydrogens is 345 g/mol. The number of nitrogens with one attached hydrogen (secondary N) is 1. The van der Waals surface area contributed by atoms with Gasteiger partial charge in [-0.3, -0.25) is 4.72 Å². The Morgan fingerprint density at radius 1 is 1.10 bits per heavy atom. The number of hydrogen-bond acceptors (Lipinski definition) is 2. The van der Waals surface area contributed by atoms with Gasteiger partial charge in [0.1, 0.15) is 5.82 Å². The molecule has 0 fully saturated rings. The monoisotopic (exact) mass is 357 g/mol. The fraction of sp³-hybridized carbons (Fsp3) is 0.143. The Bertz CT molecular complexity index is 760. The summed E-state index contributed by atoms with van der Waals surface area (Å²) >= 11 is 3.20. The van der Waals surface area contributed by atoms with Gasteiger partial charge in [-0.2, -0.15) is 0 Å². The van der Waals surface area contributed by atoms with Gasteiger partial charge in [0.25, 0.3) is 10.0 Å². The van der Waals surface area contributed by atoms with E-state index in [2.05, 4.69) is 20.7 Å². The van der Waals surface area contributed by atoms with Crippen LogP contribution in [0.1, 0.15) is 11.1 Å². The molecule has 0 spiro atoms. The van der Waals surface area contributed by atoms with Crippen molar-refractivity contribution in [3.8, 4) is 0 Å². The van der Waals surface area contributed by atoms with Crippen molar-refractivity contribution in [2.24, 2.45) is 0 Å². The largest absolute Gasteiger partial charge is 0.278 e. The third kappa shape index (κ3) is 3.19. The first kappa shape index (κ1) is 15.0. The lowest BCUT2D eigenvalue weighted by Gasteiger charge is -2.12. The first-order chi connectivity index (χ1) is 9.29. The molecule has 1 N–H and O–H groups in total. The second kappa shape index (κ2) is 5.54. The van der Waals surface area contributed by atoms with Crippen LogP contribution in [0.15, 0.2) is 45.8 Å². The van der Waals surface area contributed by atoms with Gasteiger partial charge in [-0.25, -0.2) is 12.8 Å². The second-order valence-electron chi connectivity index (χ2n) is 4.50. The molecule has 0 saturated carbocycles. The van der Waals surface area contributed by atoms with Crippen LogP contribution >= 0.6 is 15.9 Å². The van der Waals surface area contributed by atoms with E-state index in [9.17, 15) is 12.8 Å². The summed E-state index contributed by atoms with van der Waals surface area (Å²) in [5.74, 6) is -0.508. The van der Waals surface area contributed by atoms with Crippen LogP contribution in [0, 0.1) is 19.7 Å². The van der Waals surface area contributed by atoms with Gasteiger partial charge in [-0.1, -0.05) is 12.1 Å². The third-order valence-electron chi connectivity index (χ3n) is 2.81. The number of anilines is 1. The van der Waals surface area contributed by atoms with E-state index in [1.54, 1.807) is 19.1 Å². The molecule has 0 radical (unpaired) electrons. The molecule has 0 amide bonds. The van der Waals surface area contributed by atoms with Crippen LogP contribution < -0.4 is 4.72 Å². The van der Waals surface area contributed by atoms with E-state index in [1.165, 1.54) is 12.1 Å². The Morgan fingerprint density at radius 3 is 2.50 bits per heavy atom. The summed E-state index contributed by atoms with van der Waals surface area (Å²) in [7, 11) is -3.75. The van der Waals surface area contributed by atoms with Gasteiger partial charge in [0, 0.05) is 4.47 Å². The zero-order valence-corrected chi connectivity index (χ0v) is 13.3. The Morgan fingerprint density at radius 2 is 1.80 bits per heavy atom. The van der Waals surface area contributed by atoms with Crippen molar-refractivity contribution in [2.75, 3.05) is 4.72 Å². The molecule has 2 aromatic carbocycles. The van der Waals surface area contributed by atoms with E-state index in [4.69, 9.17) is 0 Å². The van der Waals surface area contributed by atoms with E-state index in [-0.39, 0.29) is 10.6 Å². The number of rotatable bonds is 3. The Kier molecular flexibility index (Phi) is 4.15. The lowest BCUT2D eigenvalue weighted by molar-refractivity contribution is 0.600. The van der Waals surface area contributed by atoms with E-state index >= 15 is 0 Å². The third-order valence-corrected chi connectivity index (χ3v) is 5.00. The molecule has 2 aromatic rings. The normalized spacial score (nSPS) is 11.4. The van der Waals surface area contributed by atoms with E-state index in [0.717, 1.165) is 11.6 Å². The Labute approximate surface area is 126 Å². The average molecular weight is 358 g/mol. The van der Waals surface area contributed by atoms with Crippen molar-refractivity contribution >= 4 is 31.6 Å². The van der Waals surface area contributed by atoms with Gasteiger partial charge in [-0.15, -0.1) is 0 Å². The zero-order chi connectivity index (χ0) is 14.9. The van der Waals surface area contributed by atoms with Crippen LogP contribution in [0.2, 0.25) is 0 Å². The average Bonchev–Trinajstić information content (AvgIpc) is 2.36. The number of sulfonamides is 1. The molecule has 106 valence electrons. The minimum atomic E-state index is -3.75. The van der Waals surface area contributed by atoms with Gasteiger partial charge in [0.05, 0.1) is 10.6 Å². The Hall–Kier alpha value is -1.40. The van der Waals surface area contributed by atoms with E-state index < -0.39 is 15.8 Å². The summed E-state index contributed by atoms with van der Waals surface area (Å²) in [6.07, 6.45) is 0. The molecule has 0 aliphatic rings. The van der Waals surface area contributed by atoms with Gasteiger partial charge in [-0.05, 0) is 65.2 Å². The molecule has 0 aliphatic carbocycles. The van der Waals surface area contributed by atoms with Crippen molar-refractivity contribution in [3.05, 3.63) is 57.8 Å². The second-order valence-corrected chi connectivity index (χ2v) is 7.00. The Balaban J connectivity index is 2.46. The molecule has 0 bridgehead atoms. The zero-order valence-electron chi connectivity index (χ0n) is 10.9. The minimum Gasteiger partial charge on any atom is -0.278 e. The van der Waals surface area contributed by atoms with Crippen molar-refractivity contribution in [3.63, 3.8) is 0 Å². The quantitative estimate of drug-likeness (QED) is 0.901. The van der Waals surface area contributed by atoms with Crippen molar-refractivity contribution in [1.82, 2.24) is 0 Å². The first-order valence-electron chi connectivity index (χ1n) is 5.85. The minimum absolute atomic E-state index is 0.172. The van der Waals surface area contributed by atoms with Gasteiger partial charge < -0.3 is 0 Å². The number of hydrogen-bond donors (Lipinski definition) is 1. The summed E-state index contributed by atoms with van der Waals surface area (Å²) in [6.45, 7) is 3.53. The maximum atomic E-state index is 13.2. The highest BCUT2D eigenvalue weighted by Gasteiger charge is 2.18. The molecule has 20 heavy (non-hydrogen) atoms. The smallest absolute Gasteiger partial charge is 0.262 e. The summed E-state index contributed by atoms with van der Waals surface area (Å²) < 4.78 is 40.9. The number of benzene rings is 2.